The predicted octanol–water partition coefficient (Wildman–Crippen LogP) is 2.61. The molecule has 6 heteroatoms. The molecule has 0 aliphatic heterocycles. The summed E-state index contributed by atoms with van der Waals surface area (Å²) in [5.74, 6) is 0.586. The molecule has 0 aliphatic carbocycles. The Kier molecular flexibility index (Phi) is 4.85. The Hall–Kier alpha value is -0.800. The van der Waals surface area contributed by atoms with Gasteiger partial charge in [0.2, 0.25) is 5.13 Å². The summed E-state index contributed by atoms with van der Waals surface area (Å²) in [4.78, 5) is 0. The Bertz CT molecular complexity index is 342. The zero-order valence-corrected chi connectivity index (χ0v) is 10.7. The number of nitrogens with zero attached hydrogens (tertiary/aromatic N) is 3. The van der Waals surface area contributed by atoms with Gasteiger partial charge in [-0.1, -0.05) is 36.9 Å². The van der Waals surface area contributed by atoms with Crippen LogP contribution in [-0.4, -0.2) is 22.0 Å². The highest BCUT2D eigenvalue weighted by atomic mass is 32.2. The van der Waals surface area contributed by atoms with Crippen LogP contribution in [0.4, 0.5) is 5.13 Å². The summed E-state index contributed by atoms with van der Waals surface area (Å²) in [6.45, 7) is 7.03. The van der Waals surface area contributed by atoms with Crippen LogP contribution in [0.2, 0.25) is 0 Å². The smallest absolute Gasteiger partial charge is 0.206 e. The first-order valence-electron chi connectivity index (χ1n) is 4.75. The quantitative estimate of drug-likeness (QED) is 0.804. The van der Waals surface area contributed by atoms with Crippen molar-refractivity contribution in [2.75, 3.05) is 11.9 Å². The zero-order valence-electron chi connectivity index (χ0n) is 9.02. The zero-order chi connectivity index (χ0) is 11.3. The molecule has 0 bridgehead atoms. The lowest BCUT2D eigenvalue weighted by molar-refractivity contribution is 0.687. The fraction of sp³-hybridized carbons (Fsp3) is 0.667. The molecule has 1 aromatic heterocycles. The molecule has 82 valence electrons. The fourth-order valence-corrected chi connectivity index (χ4v) is 2.59. The molecular weight excluding hydrogens is 228 g/mol. The van der Waals surface area contributed by atoms with Crippen LogP contribution in [0.3, 0.4) is 0 Å². The lowest BCUT2D eigenvalue weighted by Crippen LogP contribution is -2.07. The molecule has 0 saturated heterocycles. The average Bonchev–Trinajstić information content (AvgIpc) is 2.62. The Balaban J connectivity index is 2.46. The molecule has 1 aromatic rings. The van der Waals surface area contributed by atoms with Gasteiger partial charge >= 0.3 is 0 Å². The molecule has 0 radical (unpaired) electrons. The maximum Gasteiger partial charge on any atom is 0.206 e. The highest BCUT2D eigenvalue weighted by Crippen LogP contribution is 2.28. The van der Waals surface area contributed by atoms with E-state index in [9.17, 15) is 0 Å². The Morgan fingerprint density at radius 1 is 1.47 bits per heavy atom. The van der Waals surface area contributed by atoms with Crippen molar-refractivity contribution in [3.63, 3.8) is 0 Å². The molecule has 0 fully saturated rings. The fourth-order valence-electron chi connectivity index (χ4n) is 0.798. The second-order valence-corrected chi connectivity index (χ2v) is 6.10. The summed E-state index contributed by atoms with van der Waals surface area (Å²) >= 11 is 2.94. The molecule has 1 rings (SSSR count). The van der Waals surface area contributed by atoms with Crippen molar-refractivity contribution < 1.29 is 0 Å². The van der Waals surface area contributed by atoms with Gasteiger partial charge in [-0.05, 0) is 12.8 Å². The van der Waals surface area contributed by atoms with E-state index < -0.39 is 0 Å². The van der Waals surface area contributed by atoms with Crippen molar-refractivity contribution in [1.82, 2.24) is 10.2 Å². The van der Waals surface area contributed by atoms with E-state index >= 15 is 0 Å². The van der Waals surface area contributed by atoms with Gasteiger partial charge in [0.15, 0.2) is 4.34 Å². The summed E-state index contributed by atoms with van der Waals surface area (Å²) in [7, 11) is 0. The van der Waals surface area contributed by atoms with E-state index in [0.29, 0.717) is 5.92 Å². The van der Waals surface area contributed by atoms with E-state index in [0.717, 1.165) is 16.0 Å². The first kappa shape index (κ1) is 12.3. The van der Waals surface area contributed by atoms with Gasteiger partial charge in [0.25, 0.3) is 0 Å². The van der Waals surface area contributed by atoms with Gasteiger partial charge in [0.1, 0.15) is 0 Å². The molecule has 0 amide bonds. The van der Waals surface area contributed by atoms with Crippen molar-refractivity contribution in [3.8, 4) is 6.07 Å². The predicted molar refractivity (Wildman–Crippen MR) is 64.2 cm³/mol. The average molecular weight is 242 g/mol. The van der Waals surface area contributed by atoms with E-state index in [2.05, 4.69) is 35.4 Å². The lowest BCUT2D eigenvalue weighted by Gasteiger charge is -2.03. The molecule has 0 saturated carbocycles. The standard InChI is InChI=1S/C9H14N4S2/c1-6(2)5-11-8-12-13-9(15-8)14-7(3)4-10/h6-7H,5H2,1-3H3,(H,11,12). The normalized spacial score (nSPS) is 12.5. The Morgan fingerprint density at radius 3 is 2.80 bits per heavy atom. The summed E-state index contributed by atoms with van der Waals surface area (Å²) in [5.41, 5.74) is 0. The van der Waals surface area contributed by atoms with Crippen LogP contribution >= 0.6 is 23.1 Å². The lowest BCUT2D eigenvalue weighted by atomic mass is 10.2. The number of anilines is 1. The van der Waals surface area contributed by atoms with Crippen LogP contribution in [-0.2, 0) is 0 Å². The number of rotatable bonds is 5. The molecule has 0 aliphatic rings. The Morgan fingerprint density at radius 2 is 2.20 bits per heavy atom. The van der Waals surface area contributed by atoms with Crippen LogP contribution in [0.5, 0.6) is 0 Å². The summed E-state index contributed by atoms with van der Waals surface area (Å²) in [6.07, 6.45) is 0. The Labute approximate surface area is 98.1 Å². The van der Waals surface area contributed by atoms with Crippen molar-refractivity contribution in [1.29, 1.82) is 5.26 Å². The molecular formula is C9H14N4S2. The van der Waals surface area contributed by atoms with Gasteiger partial charge in [0.05, 0.1) is 11.3 Å². The topological polar surface area (TPSA) is 61.6 Å². The summed E-state index contributed by atoms with van der Waals surface area (Å²) in [5, 5.41) is 20.6. The van der Waals surface area contributed by atoms with E-state index in [4.69, 9.17) is 5.26 Å². The molecule has 4 nitrogen and oxygen atoms in total. The minimum atomic E-state index is -0.0732. The van der Waals surface area contributed by atoms with E-state index in [1.54, 1.807) is 0 Å². The minimum absolute atomic E-state index is 0.0732. The number of hydrogen-bond donors (Lipinski definition) is 1. The van der Waals surface area contributed by atoms with Crippen molar-refractivity contribution in [2.24, 2.45) is 5.92 Å². The van der Waals surface area contributed by atoms with Gasteiger partial charge < -0.3 is 5.32 Å². The van der Waals surface area contributed by atoms with Gasteiger partial charge in [-0.2, -0.15) is 5.26 Å². The maximum absolute atomic E-state index is 8.65. The second-order valence-electron chi connectivity index (χ2n) is 3.54. The van der Waals surface area contributed by atoms with Crippen LogP contribution in [0, 0.1) is 17.2 Å². The molecule has 1 heterocycles. The van der Waals surface area contributed by atoms with E-state index in [1.807, 2.05) is 6.92 Å². The van der Waals surface area contributed by atoms with Crippen LogP contribution in [0.15, 0.2) is 4.34 Å². The summed E-state index contributed by atoms with van der Waals surface area (Å²) < 4.78 is 0.843. The first-order valence-corrected chi connectivity index (χ1v) is 6.45. The third-order valence-corrected chi connectivity index (χ3v) is 3.48. The second kappa shape index (κ2) is 5.93. The number of nitriles is 1. The summed E-state index contributed by atoms with van der Waals surface area (Å²) in [6, 6.07) is 2.15. The van der Waals surface area contributed by atoms with Gasteiger partial charge in [-0.15, -0.1) is 10.2 Å². The third-order valence-electron chi connectivity index (χ3n) is 1.53. The number of nitrogens with one attached hydrogen (secondary N) is 1. The van der Waals surface area contributed by atoms with Crippen molar-refractivity contribution >= 4 is 28.2 Å². The van der Waals surface area contributed by atoms with Gasteiger partial charge in [0, 0.05) is 6.54 Å². The largest absolute Gasteiger partial charge is 0.360 e. The molecule has 1 atom stereocenters. The molecule has 15 heavy (non-hydrogen) atoms. The van der Waals surface area contributed by atoms with Crippen LogP contribution in [0.1, 0.15) is 20.8 Å². The van der Waals surface area contributed by atoms with E-state index in [-0.39, 0.29) is 5.25 Å². The third kappa shape index (κ3) is 4.49. The number of aromatic nitrogens is 2. The maximum atomic E-state index is 8.65. The molecule has 0 spiro atoms. The SMILES string of the molecule is CC(C)CNc1nnc(SC(C)C#N)s1. The molecule has 1 unspecified atom stereocenters. The highest BCUT2D eigenvalue weighted by Gasteiger charge is 2.08. The van der Waals surface area contributed by atoms with Crippen molar-refractivity contribution in [2.45, 2.75) is 30.4 Å². The van der Waals surface area contributed by atoms with Crippen molar-refractivity contribution in [3.05, 3.63) is 0 Å². The van der Waals surface area contributed by atoms with Gasteiger partial charge in [-0.25, -0.2) is 0 Å². The monoisotopic (exact) mass is 242 g/mol. The van der Waals surface area contributed by atoms with Gasteiger partial charge in [-0.3, -0.25) is 0 Å². The molecule has 1 N–H and O–H groups in total. The first-order chi connectivity index (χ1) is 7.11. The van der Waals surface area contributed by atoms with Crippen LogP contribution in [0.25, 0.3) is 0 Å². The van der Waals surface area contributed by atoms with Crippen LogP contribution < -0.4 is 5.32 Å². The van der Waals surface area contributed by atoms with E-state index in [1.165, 1.54) is 23.1 Å². The molecule has 0 aromatic carbocycles. The highest BCUT2D eigenvalue weighted by molar-refractivity contribution is 8.01. The minimum Gasteiger partial charge on any atom is -0.360 e. The number of thioether (sulfide) groups is 1. The number of hydrogen-bond acceptors (Lipinski definition) is 6.